The summed E-state index contributed by atoms with van der Waals surface area (Å²) in [6.45, 7) is 7.67. The highest BCUT2D eigenvalue weighted by atomic mass is 32.2. The number of hydrogen-bond donors (Lipinski definition) is 1. The summed E-state index contributed by atoms with van der Waals surface area (Å²) in [4.78, 5) is 25.7. The molecule has 1 aliphatic heterocycles. The fourth-order valence-electron chi connectivity index (χ4n) is 2.86. The summed E-state index contributed by atoms with van der Waals surface area (Å²) in [5.41, 5.74) is 0.0705. The number of amides is 1. The molecule has 0 saturated carbocycles. The summed E-state index contributed by atoms with van der Waals surface area (Å²) in [7, 11) is 0. The molecule has 0 spiro atoms. The van der Waals surface area contributed by atoms with Crippen molar-refractivity contribution in [3.63, 3.8) is 0 Å². The first-order valence-corrected chi connectivity index (χ1v) is 9.29. The maximum absolute atomic E-state index is 12.6. The number of non-ortho nitro benzene ring substituents is 1. The standard InChI is InChI=1S/C17H25N3O3S/c1-3-18-12-14-8-10-19(11-9-14)17(21)13(2)24-16-6-4-15(5-7-16)20(22)23/h4-7,13-14,18H,3,8-12H2,1-2H3. The Kier molecular flexibility index (Phi) is 7.05. The van der Waals surface area contributed by atoms with Crippen LogP contribution in [0.5, 0.6) is 0 Å². The molecule has 1 aliphatic rings. The van der Waals surface area contributed by atoms with E-state index >= 15 is 0 Å². The van der Waals surface area contributed by atoms with Gasteiger partial charge in [-0.2, -0.15) is 0 Å². The van der Waals surface area contributed by atoms with Gasteiger partial charge in [0, 0.05) is 30.1 Å². The van der Waals surface area contributed by atoms with Crippen LogP contribution in [-0.4, -0.2) is 47.2 Å². The molecule has 1 aromatic carbocycles. The number of carbonyl (C=O) groups is 1. The predicted octanol–water partition coefficient (Wildman–Crippen LogP) is 2.92. The van der Waals surface area contributed by atoms with Crippen LogP contribution >= 0.6 is 11.8 Å². The molecule has 1 unspecified atom stereocenters. The van der Waals surface area contributed by atoms with Crippen molar-refractivity contribution in [2.45, 2.75) is 36.8 Å². The van der Waals surface area contributed by atoms with E-state index in [4.69, 9.17) is 0 Å². The molecule has 1 N–H and O–H groups in total. The Hall–Kier alpha value is -1.60. The van der Waals surface area contributed by atoms with E-state index in [0.717, 1.165) is 43.9 Å². The van der Waals surface area contributed by atoms with Gasteiger partial charge < -0.3 is 10.2 Å². The van der Waals surface area contributed by atoms with E-state index in [1.165, 1.54) is 23.9 Å². The largest absolute Gasteiger partial charge is 0.342 e. The van der Waals surface area contributed by atoms with E-state index in [2.05, 4.69) is 12.2 Å². The molecular formula is C17H25N3O3S. The minimum atomic E-state index is -0.416. The first-order chi connectivity index (χ1) is 11.5. The molecule has 0 aromatic heterocycles. The topological polar surface area (TPSA) is 75.5 Å². The second-order valence-corrected chi connectivity index (χ2v) is 7.50. The van der Waals surface area contributed by atoms with E-state index < -0.39 is 4.92 Å². The van der Waals surface area contributed by atoms with Crippen molar-refractivity contribution >= 4 is 23.4 Å². The van der Waals surface area contributed by atoms with Gasteiger partial charge in [-0.05, 0) is 50.9 Å². The van der Waals surface area contributed by atoms with Gasteiger partial charge in [-0.3, -0.25) is 14.9 Å². The average molecular weight is 351 g/mol. The second kappa shape index (κ2) is 9.03. The Morgan fingerprint density at radius 1 is 1.38 bits per heavy atom. The fraction of sp³-hybridized carbons (Fsp3) is 0.588. The Balaban J connectivity index is 1.83. The SMILES string of the molecule is CCNCC1CCN(C(=O)C(C)Sc2ccc([N+](=O)[O-])cc2)CC1. The molecule has 7 heteroatoms. The lowest BCUT2D eigenvalue weighted by molar-refractivity contribution is -0.384. The highest BCUT2D eigenvalue weighted by Gasteiger charge is 2.26. The number of nitrogens with one attached hydrogen (secondary N) is 1. The fourth-order valence-corrected chi connectivity index (χ4v) is 3.82. The second-order valence-electron chi connectivity index (χ2n) is 6.09. The third-order valence-electron chi connectivity index (χ3n) is 4.32. The maximum Gasteiger partial charge on any atom is 0.269 e. The number of nitro benzene ring substituents is 1. The van der Waals surface area contributed by atoms with Crippen LogP contribution in [0.1, 0.15) is 26.7 Å². The number of nitro groups is 1. The van der Waals surface area contributed by atoms with Crippen molar-refractivity contribution in [2.75, 3.05) is 26.2 Å². The van der Waals surface area contributed by atoms with Crippen LogP contribution < -0.4 is 5.32 Å². The molecule has 1 saturated heterocycles. The van der Waals surface area contributed by atoms with Crippen LogP contribution in [0.4, 0.5) is 5.69 Å². The number of piperidine rings is 1. The maximum atomic E-state index is 12.6. The molecule has 1 amide bonds. The van der Waals surface area contributed by atoms with Crippen LogP contribution in [0, 0.1) is 16.0 Å². The molecule has 1 aromatic rings. The molecule has 6 nitrogen and oxygen atoms in total. The summed E-state index contributed by atoms with van der Waals surface area (Å²) in [6, 6.07) is 6.36. The number of thioether (sulfide) groups is 1. The molecule has 0 aliphatic carbocycles. The quantitative estimate of drug-likeness (QED) is 0.464. The van der Waals surface area contributed by atoms with E-state index in [1.54, 1.807) is 12.1 Å². The van der Waals surface area contributed by atoms with Gasteiger partial charge in [-0.15, -0.1) is 11.8 Å². The normalized spacial score (nSPS) is 16.8. The van der Waals surface area contributed by atoms with Crippen LogP contribution in [0.3, 0.4) is 0 Å². The highest BCUT2D eigenvalue weighted by molar-refractivity contribution is 8.00. The monoisotopic (exact) mass is 351 g/mol. The van der Waals surface area contributed by atoms with Crippen LogP contribution in [-0.2, 0) is 4.79 Å². The minimum absolute atomic E-state index is 0.0705. The zero-order valence-electron chi connectivity index (χ0n) is 14.2. The van der Waals surface area contributed by atoms with Crippen LogP contribution in [0.25, 0.3) is 0 Å². The molecular weight excluding hydrogens is 326 g/mol. The molecule has 1 fully saturated rings. The summed E-state index contributed by atoms with van der Waals surface area (Å²) in [6.07, 6.45) is 2.10. The molecule has 132 valence electrons. The average Bonchev–Trinajstić information content (AvgIpc) is 2.60. The van der Waals surface area contributed by atoms with Gasteiger partial charge in [0.1, 0.15) is 0 Å². The van der Waals surface area contributed by atoms with Crippen molar-refractivity contribution in [1.29, 1.82) is 0 Å². The molecule has 1 atom stereocenters. The lowest BCUT2D eigenvalue weighted by Crippen LogP contribution is -2.43. The van der Waals surface area contributed by atoms with E-state index in [-0.39, 0.29) is 16.8 Å². The number of carbonyl (C=O) groups excluding carboxylic acids is 1. The van der Waals surface area contributed by atoms with Crippen molar-refractivity contribution in [2.24, 2.45) is 5.92 Å². The number of hydrogen-bond acceptors (Lipinski definition) is 5. The van der Waals surface area contributed by atoms with Crippen LogP contribution in [0.2, 0.25) is 0 Å². The summed E-state index contributed by atoms with van der Waals surface area (Å²) < 4.78 is 0. The van der Waals surface area contributed by atoms with Gasteiger partial charge in [0.25, 0.3) is 5.69 Å². The number of rotatable bonds is 7. The number of benzene rings is 1. The van der Waals surface area contributed by atoms with E-state index in [0.29, 0.717) is 5.92 Å². The van der Waals surface area contributed by atoms with Gasteiger partial charge >= 0.3 is 0 Å². The van der Waals surface area contributed by atoms with E-state index in [1.807, 2.05) is 11.8 Å². The number of likely N-dealkylation sites (tertiary alicyclic amines) is 1. The zero-order valence-corrected chi connectivity index (χ0v) is 15.1. The Morgan fingerprint density at radius 3 is 2.54 bits per heavy atom. The Morgan fingerprint density at radius 2 is 2.00 bits per heavy atom. The lowest BCUT2D eigenvalue weighted by Gasteiger charge is -2.33. The first kappa shape index (κ1) is 18.7. The predicted molar refractivity (Wildman–Crippen MR) is 96.3 cm³/mol. The summed E-state index contributed by atoms with van der Waals surface area (Å²) in [5, 5.41) is 13.9. The molecule has 2 rings (SSSR count). The third kappa shape index (κ3) is 5.21. The third-order valence-corrected chi connectivity index (χ3v) is 5.42. The first-order valence-electron chi connectivity index (χ1n) is 8.42. The molecule has 0 radical (unpaired) electrons. The van der Waals surface area contributed by atoms with Crippen molar-refractivity contribution in [1.82, 2.24) is 10.2 Å². The van der Waals surface area contributed by atoms with E-state index in [9.17, 15) is 14.9 Å². The molecule has 24 heavy (non-hydrogen) atoms. The zero-order chi connectivity index (χ0) is 17.5. The van der Waals surface area contributed by atoms with Gasteiger partial charge in [0.05, 0.1) is 10.2 Å². The van der Waals surface area contributed by atoms with Crippen LogP contribution in [0.15, 0.2) is 29.2 Å². The Bertz CT molecular complexity index is 557. The Labute approximate surface area is 147 Å². The van der Waals surface area contributed by atoms with Crippen molar-refractivity contribution in [3.8, 4) is 0 Å². The van der Waals surface area contributed by atoms with Gasteiger partial charge in [0.15, 0.2) is 0 Å². The van der Waals surface area contributed by atoms with Gasteiger partial charge in [-0.1, -0.05) is 6.92 Å². The highest BCUT2D eigenvalue weighted by Crippen LogP contribution is 2.27. The summed E-state index contributed by atoms with van der Waals surface area (Å²) >= 11 is 1.45. The molecule has 0 bridgehead atoms. The lowest BCUT2D eigenvalue weighted by atomic mass is 9.96. The van der Waals surface area contributed by atoms with Crippen molar-refractivity contribution < 1.29 is 9.72 Å². The minimum Gasteiger partial charge on any atom is -0.342 e. The van der Waals surface area contributed by atoms with Gasteiger partial charge in [-0.25, -0.2) is 0 Å². The molecule has 1 heterocycles. The summed E-state index contributed by atoms with van der Waals surface area (Å²) in [5.74, 6) is 0.812. The van der Waals surface area contributed by atoms with Crippen molar-refractivity contribution in [3.05, 3.63) is 34.4 Å². The smallest absolute Gasteiger partial charge is 0.269 e. The number of nitrogens with zero attached hydrogens (tertiary/aromatic N) is 2. The van der Waals surface area contributed by atoms with Gasteiger partial charge in [0.2, 0.25) is 5.91 Å².